The van der Waals surface area contributed by atoms with Crippen molar-refractivity contribution in [2.75, 3.05) is 37.0 Å². The van der Waals surface area contributed by atoms with Crippen molar-refractivity contribution < 1.29 is 18.8 Å². The number of fused-ring (bicyclic) bond motifs is 4. The third-order valence-electron chi connectivity index (χ3n) is 7.07. The first-order valence-corrected chi connectivity index (χ1v) is 11.7. The fraction of sp³-hybridized carbons (Fsp3) is 0.346. The number of carbonyl (C=O) groups excluding carboxylic acids is 1. The molecule has 0 radical (unpaired) electrons. The Morgan fingerprint density at radius 3 is 2.91 bits per heavy atom. The van der Waals surface area contributed by atoms with E-state index in [4.69, 9.17) is 9.57 Å². The van der Waals surface area contributed by atoms with Crippen LogP contribution < -0.4 is 14.5 Å². The van der Waals surface area contributed by atoms with Crippen LogP contribution in [0.2, 0.25) is 0 Å². The van der Waals surface area contributed by atoms with Crippen molar-refractivity contribution >= 4 is 35.5 Å². The second-order valence-electron chi connectivity index (χ2n) is 9.27. The normalized spacial score (nSPS) is 25.9. The molecular formula is C26H26FN5O3. The maximum atomic E-state index is 14.6. The van der Waals surface area contributed by atoms with Gasteiger partial charge in [-0.05, 0) is 55.2 Å². The molecular weight excluding hydrogens is 449 g/mol. The van der Waals surface area contributed by atoms with Gasteiger partial charge in [-0.2, -0.15) is 0 Å². The molecule has 0 saturated carbocycles. The maximum Gasteiger partial charge on any atom is 0.318 e. The van der Waals surface area contributed by atoms with Gasteiger partial charge in [0.1, 0.15) is 11.6 Å². The molecule has 0 aromatic heterocycles. The molecule has 180 valence electrons. The summed E-state index contributed by atoms with van der Waals surface area (Å²) in [4.78, 5) is 29.0. The average Bonchev–Trinajstić information content (AvgIpc) is 3.53. The Morgan fingerprint density at radius 1 is 1.29 bits per heavy atom. The van der Waals surface area contributed by atoms with E-state index in [0.717, 1.165) is 42.0 Å². The number of carbonyl (C=O) groups is 1. The number of likely N-dealkylation sites (N-methyl/N-ethyl adjacent to an activating group) is 1. The van der Waals surface area contributed by atoms with E-state index in [2.05, 4.69) is 28.0 Å². The van der Waals surface area contributed by atoms with E-state index in [1.807, 2.05) is 29.4 Å². The Kier molecular flexibility index (Phi) is 4.84. The molecule has 2 aromatic carbocycles. The van der Waals surface area contributed by atoms with Gasteiger partial charge in [0.25, 0.3) is 5.91 Å². The van der Waals surface area contributed by atoms with Crippen LogP contribution in [0.1, 0.15) is 30.9 Å². The standard InChI is InChI=1S/C26H26FN5O3/c1-16-14-31(15-28-16)21-10-9-17(13-22(21)34-3)12-18-6-5-11-32-24(18)29-35-26(32)19-7-4-8-20(27)23(19)30(2)25(26)33/h4,7-10,12-13,15-16H,5-6,11,14H2,1-3H3/b18-12+. The number of piperidine rings is 1. The number of hydrogen-bond acceptors (Lipinski definition) is 7. The van der Waals surface area contributed by atoms with E-state index < -0.39 is 11.5 Å². The van der Waals surface area contributed by atoms with Gasteiger partial charge in [-0.3, -0.25) is 9.79 Å². The molecule has 9 heteroatoms. The van der Waals surface area contributed by atoms with Gasteiger partial charge in [-0.25, -0.2) is 4.39 Å². The van der Waals surface area contributed by atoms with Crippen molar-refractivity contribution in [3.63, 3.8) is 0 Å². The first kappa shape index (κ1) is 21.6. The van der Waals surface area contributed by atoms with Crippen LogP contribution in [0.15, 0.2) is 52.1 Å². The number of benzene rings is 2. The molecule has 1 spiro atoms. The molecule has 0 aliphatic carbocycles. The monoisotopic (exact) mass is 475 g/mol. The van der Waals surface area contributed by atoms with E-state index in [0.29, 0.717) is 17.9 Å². The molecule has 35 heavy (non-hydrogen) atoms. The second-order valence-corrected chi connectivity index (χ2v) is 9.27. The van der Waals surface area contributed by atoms with Crippen molar-refractivity contribution in [3.8, 4) is 5.75 Å². The fourth-order valence-electron chi connectivity index (χ4n) is 5.41. The Hall–Kier alpha value is -3.88. The molecule has 1 fully saturated rings. The van der Waals surface area contributed by atoms with E-state index in [1.165, 1.54) is 11.0 Å². The van der Waals surface area contributed by atoms with Crippen LogP contribution in [0.5, 0.6) is 5.75 Å². The van der Waals surface area contributed by atoms with Gasteiger partial charge in [0.2, 0.25) is 0 Å². The Balaban J connectivity index is 1.35. The number of oxime groups is 1. The molecule has 4 heterocycles. The lowest BCUT2D eigenvalue weighted by atomic mass is 9.95. The lowest BCUT2D eigenvalue weighted by molar-refractivity contribution is -0.157. The van der Waals surface area contributed by atoms with Gasteiger partial charge < -0.3 is 24.3 Å². The van der Waals surface area contributed by atoms with Crippen LogP contribution in [0, 0.1) is 5.82 Å². The Bertz CT molecular complexity index is 1320. The summed E-state index contributed by atoms with van der Waals surface area (Å²) >= 11 is 0. The summed E-state index contributed by atoms with van der Waals surface area (Å²) in [6, 6.07) is 11.0. The van der Waals surface area contributed by atoms with Crippen LogP contribution in [0.3, 0.4) is 0 Å². The summed E-state index contributed by atoms with van der Waals surface area (Å²) in [6.07, 6.45) is 5.50. The number of ether oxygens (including phenoxy) is 1. The molecule has 2 unspecified atom stereocenters. The topological polar surface area (TPSA) is 70.0 Å². The number of anilines is 2. The number of aliphatic imine (C=N–C) groups is 1. The summed E-state index contributed by atoms with van der Waals surface area (Å²) in [6.45, 7) is 3.47. The molecule has 4 aliphatic rings. The largest absolute Gasteiger partial charge is 0.495 e. The van der Waals surface area contributed by atoms with Gasteiger partial charge in [-0.1, -0.05) is 23.4 Å². The third kappa shape index (κ3) is 3.07. The highest BCUT2D eigenvalue weighted by atomic mass is 19.1. The maximum absolute atomic E-state index is 14.6. The number of para-hydroxylation sites is 1. The number of halogens is 1. The highest BCUT2D eigenvalue weighted by Gasteiger charge is 2.62. The molecule has 0 bridgehead atoms. The van der Waals surface area contributed by atoms with Crippen molar-refractivity contribution in [1.29, 1.82) is 0 Å². The molecule has 1 saturated heterocycles. The zero-order chi connectivity index (χ0) is 24.3. The minimum absolute atomic E-state index is 0.241. The molecule has 4 aliphatic heterocycles. The van der Waals surface area contributed by atoms with E-state index in [1.54, 1.807) is 26.3 Å². The van der Waals surface area contributed by atoms with Gasteiger partial charge >= 0.3 is 5.72 Å². The quantitative estimate of drug-likeness (QED) is 0.677. The third-order valence-corrected chi connectivity index (χ3v) is 7.07. The average molecular weight is 476 g/mol. The van der Waals surface area contributed by atoms with Crippen LogP contribution in [0.4, 0.5) is 15.8 Å². The smallest absolute Gasteiger partial charge is 0.318 e. The van der Waals surface area contributed by atoms with E-state index >= 15 is 0 Å². The van der Waals surface area contributed by atoms with Gasteiger partial charge in [0.05, 0.1) is 36.4 Å². The number of methoxy groups -OCH3 is 1. The van der Waals surface area contributed by atoms with Gasteiger partial charge in [-0.15, -0.1) is 0 Å². The van der Waals surface area contributed by atoms with E-state index in [9.17, 15) is 9.18 Å². The Morgan fingerprint density at radius 2 is 2.14 bits per heavy atom. The summed E-state index contributed by atoms with van der Waals surface area (Å²) in [5, 5.41) is 4.36. The summed E-state index contributed by atoms with van der Waals surface area (Å²) < 4.78 is 20.3. The first-order chi connectivity index (χ1) is 16.9. The summed E-state index contributed by atoms with van der Waals surface area (Å²) in [5.74, 6) is 0.569. The van der Waals surface area contributed by atoms with Crippen LogP contribution >= 0.6 is 0 Å². The second kappa shape index (κ2) is 7.83. The van der Waals surface area contributed by atoms with Crippen molar-refractivity contribution in [1.82, 2.24) is 4.90 Å². The molecule has 2 aromatic rings. The number of amidine groups is 1. The number of nitrogens with zero attached hydrogens (tertiary/aromatic N) is 5. The fourth-order valence-corrected chi connectivity index (χ4v) is 5.41. The number of rotatable bonds is 3. The lowest BCUT2D eigenvalue weighted by Gasteiger charge is -2.36. The first-order valence-electron chi connectivity index (χ1n) is 11.7. The minimum Gasteiger partial charge on any atom is -0.495 e. The number of amides is 1. The SMILES string of the molecule is COc1cc(/C=C2\CCCN3C2=NOC32C(=O)N(C)c3c(F)cccc32)ccc1N1C=NC(C)C1. The van der Waals surface area contributed by atoms with Crippen molar-refractivity contribution in [2.24, 2.45) is 10.1 Å². The van der Waals surface area contributed by atoms with Gasteiger partial charge in [0.15, 0.2) is 5.84 Å². The predicted molar refractivity (Wildman–Crippen MR) is 132 cm³/mol. The van der Waals surface area contributed by atoms with Crippen LogP contribution in [-0.4, -0.2) is 56.3 Å². The highest BCUT2D eigenvalue weighted by Crippen LogP contribution is 2.50. The minimum atomic E-state index is -1.46. The van der Waals surface area contributed by atoms with Crippen molar-refractivity contribution in [3.05, 3.63) is 58.9 Å². The van der Waals surface area contributed by atoms with Crippen LogP contribution in [-0.2, 0) is 15.4 Å². The predicted octanol–water partition coefficient (Wildman–Crippen LogP) is 3.72. The zero-order valence-corrected chi connectivity index (χ0v) is 19.9. The Labute approximate surface area is 202 Å². The van der Waals surface area contributed by atoms with Crippen molar-refractivity contribution in [2.45, 2.75) is 31.5 Å². The summed E-state index contributed by atoms with van der Waals surface area (Å²) in [5.41, 5.74) is 2.14. The van der Waals surface area contributed by atoms with Gasteiger partial charge in [0, 0.05) is 20.1 Å². The molecule has 6 rings (SSSR count). The highest BCUT2D eigenvalue weighted by molar-refractivity contribution is 6.12. The zero-order valence-electron chi connectivity index (χ0n) is 19.9. The molecule has 0 N–H and O–H groups in total. The molecule has 2 atom stereocenters. The molecule has 8 nitrogen and oxygen atoms in total. The van der Waals surface area contributed by atoms with E-state index in [-0.39, 0.29) is 17.6 Å². The number of hydrogen-bond donors (Lipinski definition) is 0. The lowest BCUT2D eigenvalue weighted by Crippen LogP contribution is -2.54. The van der Waals surface area contributed by atoms with Crippen LogP contribution in [0.25, 0.3) is 6.08 Å². The summed E-state index contributed by atoms with van der Waals surface area (Å²) in [7, 11) is 3.23. The molecule has 1 amide bonds.